The molecule has 2 rings (SSSR count). The topological polar surface area (TPSA) is 111 Å². The number of hydrogen-bond acceptors (Lipinski definition) is 7. The lowest BCUT2D eigenvalue weighted by Crippen LogP contribution is -2.45. The fourth-order valence-electron chi connectivity index (χ4n) is 2.63. The zero-order chi connectivity index (χ0) is 20.9. The van der Waals surface area contributed by atoms with Crippen molar-refractivity contribution in [1.82, 2.24) is 10.2 Å². The number of nitrogens with zero attached hydrogens (tertiary/aromatic N) is 1. The van der Waals surface area contributed by atoms with Crippen molar-refractivity contribution in [3.8, 4) is 0 Å². The zero-order valence-electron chi connectivity index (χ0n) is 16.4. The van der Waals surface area contributed by atoms with Crippen molar-refractivity contribution < 1.29 is 31.7 Å². The maximum Gasteiger partial charge on any atom is 0.410 e. The van der Waals surface area contributed by atoms with E-state index in [1.807, 2.05) is 30.3 Å². The van der Waals surface area contributed by atoms with E-state index in [2.05, 4.69) is 5.32 Å². The van der Waals surface area contributed by atoms with Crippen LogP contribution in [0.3, 0.4) is 0 Å². The molecular formula is C18H26N2O7S. The Morgan fingerprint density at radius 1 is 1.18 bits per heavy atom. The zero-order valence-corrected chi connectivity index (χ0v) is 17.2. The lowest BCUT2D eigenvalue weighted by molar-refractivity contribution is 0.0275. The van der Waals surface area contributed by atoms with Crippen LogP contribution in [0.15, 0.2) is 30.3 Å². The summed E-state index contributed by atoms with van der Waals surface area (Å²) >= 11 is 0. The lowest BCUT2D eigenvalue weighted by atomic mass is 10.2. The average molecular weight is 414 g/mol. The highest BCUT2D eigenvalue weighted by Crippen LogP contribution is 2.19. The van der Waals surface area contributed by atoms with Gasteiger partial charge in [-0.05, 0) is 26.3 Å². The third-order valence-electron chi connectivity index (χ3n) is 3.73. The molecule has 0 saturated carbocycles. The number of carbonyl (C=O) groups is 2. The molecule has 0 unspecified atom stereocenters. The number of likely N-dealkylation sites (tertiary alicyclic amines) is 1. The molecule has 1 aromatic carbocycles. The van der Waals surface area contributed by atoms with E-state index in [4.69, 9.17) is 13.7 Å². The van der Waals surface area contributed by atoms with E-state index in [-0.39, 0.29) is 19.7 Å². The summed E-state index contributed by atoms with van der Waals surface area (Å²) in [5, 5.41) is 2.57. The molecule has 0 radical (unpaired) electrons. The van der Waals surface area contributed by atoms with Crippen molar-refractivity contribution in [2.24, 2.45) is 0 Å². The first-order chi connectivity index (χ1) is 12.9. The fourth-order valence-corrected chi connectivity index (χ4v) is 3.27. The van der Waals surface area contributed by atoms with Crippen LogP contribution >= 0.6 is 0 Å². The molecule has 28 heavy (non-hydrogen) atoms. The molecule has 0 aliphatic carbocycles. The SMILES string of the molecule is CC(C)(C)OC(=O)N1C[C@@H](NC(=O)OCc2ccccc2)[C@H](OS(C)(=O)=O)C1. The quantitative estimate of drug-likeness (QED) is 0.732. The largest absolute Gasteiger partial charge is 0.445 e. The Kier molecular flexibility index (Phi) is 6.89. The molecule has 1 aromatic rings. The van der Waals surface area contributed by atoms with Crippen molar-refractivity contribution in [2.45, 2.75) is 45.1 Å². The van der Waals surface area contributed by atoms with E-state index in [1.165, 1.54) is 4.90 Å². The molecule has 1 N–H and O–H groups in total. The molecule has 1 fully saturated rings. The van der Waals surface area contributed by atoms with Crippen LogP contribution in [-0.2, 0) is 30.4 Å². The van der Waals surface area contributed by atoms with Gasteiger partial charge in [0.05, 0.1) is 18.8 Å². The first-order valence-electron chi connectivity index (χ1n) is 8.76. The maximum atomic E-state index is 12.3. The van der Waals surface area contributed by atoms with Gasteiger partial charge in [0.2, 0.25) is 0 Å². The Hall–Kier alpha value is -2.33. The van der Waals surface area contributed by atoms with Crippen molar-refractivity contribution in [3.63, 3.8) is 0 Å². The molecular weight excluding hydrogens is 388 g/mol. The summed E-state index contributed by atoms with van der Waals surface area (Å²) in [5.41, 5.74) is 0.105. The van der Waals surface area contributed by atoms with Gasteiger partial charge in [0.1, 0.15) is 18.3 Å². The molecule has 9 nitrogen and oxygen atoms in total. The Morgan fingerprint density at radius 2 is 1.82 bits per heavy atom. The van der Waals surface area contributed by atoms with Gasteiger partial charge in [-0.15, -0.1) is 0 Å². The minimum Gasteiger partial charge on any atom is -0.445 e. The minimum atomic E-state index is -3.79. The van der Waals surface area contributed by atoms with Crippen molar-refractivity contribution in [2.75, 3.05) is 19.3 Å². The smallest absolute Gasteiger partial charge is 0.410 e. The number of benzene rings is 1. The minimum absolute atomic E-state index is 0.0361. The second-order valence-electron chi connectivity index (χ2n) is 7.54. The number of alkyl carbamates (subject to hydrolysis) is 1. The van der Waals surface area contributed by atoms with Gasteiger partial charge in [-0.3, -0.25) is 4.18 Å². The summed E-state index contributed by atoms with van der Waals surface area (Å²) in [7, 11) is -3.79. The van der Waals surface area contributed by atoms with E-state index in [0.29, 0.717) is 0 Å². The van der Waals surface area contributed by atoms with Crippen molar-refractivity contribution >= 4 is 22.3 Å². The maximum absolute atomic E-state index is 12.3. The predicted molar refractivity (Wildman–Crippen MR) is 101 cm³/mol. The van der Waals surface area contributed by atoms with Crippen LogP contribution in [0.1, 0.15) is 26.3 Å². The molecule has 1 aliphatic rings. The summed E-state index contributed by atoms with van der Waals surface area (Å²) in [6, 6.07) is 8.35. The van der Waals surface area contributed by atoms with Gasteiger partial charge in [-0.1, -0.05) is 30.3 Å². The van der Waals surface area contributed by atoms with Crippen LogP contribution in [-0.4, -0.2) is 62.6 Å². The monoisotopic (exact) mass is 414 g/mol. The van der Waals surface area contributed by atoms with Gasteiger partial charge >= 0.3 is 12.2 Å². The Morgan fingerprint density at radius 3 is 2.39 bits per heavy atom. The van der Waals surface area contributed by atoms with Gasteiger partial charge < -0.3 is 19.7 Å². The van der Waals surface area contributed by atoms with Crippen LogP contribution in [0, 0.1) is 0 Å². The van der Waals surface area contributed by atoms with E-state index >= 15 is 0 Å². The molecule has 1 heterocycles. The summed E-state index contributed by atoms with van der Waals surface area (Å²) in [4.78, 5) is 25.7. The fraction of sp³-hybridized carbons (Fsp3) is 0.556. The van der Waals surface area contributed by atoms with E-state index < -0.39 is 40.1 Å². The molecule has 1 aliphatic heterocycles. The number of nitrogens with one attached hydrogen (secondary N) is 1. The van der Waals surface area contributed by atoms with Crippen LogP contribution in [0.25, 0.3) is 0 Å². The third kappa shape index (κ3) is 7.35. The second-order valence-corrected chi connectivity index (χ2v) is 9.14. The Balaban J connectivity index is 1.99. The molecule has 1 saturated heterocycles. The average Bonchev–Trinajstić information content (AvgIpc) is 2.93. The first-order valence-corrected chi connectivity index (χ1v) is 10.6. The van der Waals surface area contributed by atoms with E-state index in [1.54, 1.807) is 20.8 Å². The number of hydrogen-bond donors (Lipinski definition) is 1. The summed E-state index contributed by atoms with van der Waals surface area (Å²) in [5.74, 6) is 0. The number of carbonyl (C=O) groups excluding carboxylic acids is 2. The van der Waals surface area contributed by atoms with Gasteiger partial charge in [-0.2, -0.15) is 8.42 Å². The second kappa shape index (κ2) is 8.78. The van der Waals surface area contributed by atoms with Crippen LogP contribution in [0.5, 0.6) is 0 Å². The molecule has 0 bridgehead atoms. The highest BCUT2D eigenvalue weighted by Gasteiger charge is 2.40. The highest BCUT2D eigenvalue weighted by molar-refractivity contribution is 7.86. The summed E-state index contributed by atoms with van der Waals surface area (Å²) in [6.07, 6.45) is -1.38. The first kappa shape index (κ1) is 22.0. The summed E-state index contributed by atoms with van der Waals surface area (Å²) in [6.45, 7) is 5.24. The highest BCUT2D eigenvalue weighted by atomic mass is 32.2. The molecule has 156 valence electrons. The standard InChI is InChI=1S/C18H26N2O7S/c1-18(2,3)26-17(22)20-10-14(15(11-20)27-28(4,23)24)19-16(21)25-12-13-8-6-5-7-9-13/h5-9,14-15H,10-12H2,1-4H3,(H,19,21)/t14-,15-/m1/s1. The van der Waals surface area contributed by atoms with Gasteiger partial charge in [0.15, 0.2) is 0 Å². The Bertz CT molecular complexity index is 790. The molecule has 10 heteroatoms. The van der Waals surface area contributed by atoms with Crippen LogP contribution in [0.4, 0.5) is 9.59 Å². The molecule has 0 spiro atoms. The molecule has 2 atom stereocenters. The van der Waals surface area contributed by atoms with E-state index in [9.17, 15) is 18.0 Å². The number of ether oxygens (including phenoxy) is 2. The van der Waals surface area contributed by atoms with E-state index in [0.717, 1.165) is 11.8 Å². The number of amides is 2. The third-order valence-corrected chi connectivity index (χ3v) is 4.33. The van der Waals surface area contributed by atoms with Gasteiger partial charge in [-0.25, -0.2) is 9.59 Å². The molecule has 0 aromatic heterocycles. The lowest BCUT2D eigenvalue weighted by Gasteiger charge is -2.24. The molecule has 2 amide bonds. The summed E-state index contributed by atoms with van der Waals surface area (Å²) < 4.78 is 38.6. The van der Waals surface area contributed by atoms with Gasteiger partial charge in [0, 0.05) is 6.54 Å². The van der Waals surface area contributed by atoms with Crippen LogP contribution < -0.4 is 5.32 Å². The predicted octanol–water partition coefficient (Wildman–Crippen LogP) is 1.88. The van der Waals surface area contributed by atoms with Crippen molar-refractivity contribution in [1.29, 1.82) is 0 Å². The van der Waals surface area contributed by atoms with Gasteiger partial charge in [0.25, 0.3) is 10.1 Å². The van der Waals surface area contributed by atoms with Crippen molar-refractivity contribution in [3.05, 3.63) is 35.9 Å². The number of rotatable bonds is 5. The normalized spacial score (nSPS) is 19.9. The van der Waals surface area contributed by atoms with Crippen LogP contribution in [0.2, 0.25) is 0 Å². The Labute approximate surface area is 165 Å².